The standard InChI is InChI=1S/C55H74N4O10S/c1-4-6-7-8-9-10-11-12-13-16-31-56-54(63)68-44-27-30-50-48(36-44)52-46(20-15-18-33-61)41(19-14-17-32-60)35-47-49(58-67-38-40-21-25-43(26-22-40)59(64)65)37-51(55(69-50,53(47)52)66-34-5-2)70-45-28-23-42(24-29-45)57-39(3)62/h5,21-30,35-36,41,46,51-53,60-61H,2,4,6-20,31-34,37-38H2,1,3H3,(H,56,63)(H,57,62). The maximum Gasteiger partial charge on any atom is 0.412 e. The fourth-order valence-electron chi connectivity index (χ4n) is 10.3. The molecule has 3 aromatic carbocycles. The Balaban J connectivity index is 1.36. The van der Waals surface area contributed by atoms with Crippen LogP contribution in [0.1, 0.15) is 140 Å². The number of oxime groups is 1. The molecule has 0 spiro atoms. The Morgan fingerprint density at radius 2 is 1.60 bits per heavy atom. The predicted octanol–water partition coefficient (Wildman–Crippen LogP) is 12.2. The first-order valence-electron chi connectivity index (χ1n) is 25.5. The van der Waals surface area contributed by atoms with Crippen LogP contribution in [-0.4, -0.2) is 70.3 Å². The van der Waals surface area contributed by atoms with Crippen molar-refractivity contribution in [3.8, 4) is 11.5 Å². The van der Waals surface area contributed by atoms with Crippen LogP contribution in [0.25, 0.3) is 0 Å². The average Bonchev–Trinajstić information content (AvgIpc) is 3.35. The number of thioether (sulfide) groups is 1. The number of non-ortho nitro benzene ring substituents is 1. The van der Waals surface area contributed by atoms with Crippen LogP contribution >= 0.6 is 11.8 Å². The van der Waals surface area contributed by atoms with Crippen LogP contribution in [0.3, 0.4) is 0 Å². The van der Waals surface area contributed by atoms with Crippen LogP contribution in [0.2, 0.25) is 0 Å². The number of carbonyl (C=O) groups is 2. The molecule has 0 saturated heterocycles. The maximum atomic E-state index is 13.3. The van der Waals surface area contributed by atoms with E-state index >= 15 is 0 Å². The molecule has 14 nitrogen and oxygen atoms in total. The van der Waals surface area contributed by atoms with Crippen molar-refractivity contribution in [1.29, 1.82) is 0 Å². The minimum Gasteiger partial charge on any atom is -0.460 e. The van der Waals surface area contributed by atoms with Crippen LogP contribution in [0.4, 0.5) is 16.2 Å². The normalized spacial score (nSPS) is 21.7. The highest BCUT2D eigenvalue weighted by atomic mass is 32.2. The molecular weight excluding hydrogens is 909 g/mol. The lowest BCUT2D eigenvalue weighted by Gasteiger charge is -2.58. The molecular formula is C55H74N4O10S. The molecule has 0 radical (unpaired) electrons. The van der Waals surface area contributed by atoms with E-state index in [1.807, 2.05) is 36.4 Å². The van der Waals surface area contributed by atoms with Crippen LogP contribution in [0.5, 0.6) is 11.5 Å². The number of anilines is 1. The zero-order valence-electron chi connectivity index (χ0n) is 41.1. The van der Waals surface area contributed by atoms with Gasteiger partial charge in [-0.2, -0.15) is 0 Å². The monoisotopic (exact) mass is 983 g/mol. The van der Waals surface area contributed by atoms with Crippen molar-refractivity contribution >= 4 is 40.8 Å². The van der Waals surface area contributed by atoms with Crippen LogP contribution in [0.15, 0.2) is 101 Å². The van der Waals surface area contributed by atoms with Gasteiger partial charge < -0.3 is 39.9 Å². The van der Waals surface area contributed by atoms with Crippen molar-refractivity contribution in [3.05, 3.63) is 112 Å². The summed E-state index contributed by atoms with van der Waals surface area (Å²) in [6, 6.07) is 19.4. The zero-order chi connectivity index (χ0) is 49.7. The molecule has 3 aromatic rings. The number of fused-ring (bicyclic) bond motifs is 2. The summed E-state index contributed by atoms with van der Waals surface area (Å²) in [5.41, 5.74) is 3.90. The molecule has 1 fully saturated rings. The number of ether oxygens (including phenoxy) is 3. The molecule has 6 rings (SSSR count). The summed E-state index contributed by atoms with van der Waals surface area (Å²) in [6.07, 6.45) is 20.3. The number of hydrogen-bond donors (Lipinski definition) is 4. The predicted molar refractivity (Wildman–Crippen MR) is 275 cm³/mol. The number of aliphatic hydroxyl groups excluding tert-OH is 2. The van der Waals surface area contributed by atoms with E-state index in [9.17, 15) is 29.9 Å². The van der Waals surface area contributed by atoms with Gasteiger partial charge in [-0.1, -0.05) is 94.9 Å². The van der Waals surface area contributed by atoms with Crippen molar-refractivity contribution in [2.45, 2.75) is 151 Å². The van der Waals surface area contributed by atoms with Crippen LogP contribution in [-0.2, 0) is 21.0 Å². The van der Waals surface area contributed by atoms with E-state index in [4.69, 9.17) is 24.2 Å². The average molecular weight is 983 g/mol. The highest BCUT2D eigenvalue weighted by Gasteiger charge is 2.64. The van der Waals surface area contributed by atoms with Gasteiger partial charge in [0.2, 0.25) is 11.7 Å². The number of allylic oxidation sites excluding steroid dienone is 1. The van der Waals surface area contributed by atoms with E-state index in [-0.39, 0.29) is 55.8 Å². The van der Waals surface area contributed by atoms with Gasteiger partial charge in [-0.05, 0) is 110 Å². The number of benzene rings is 3. The van der Waals surface area contributed by atoms with Crippen LogP contribution in [0, 0.1) is 27.9 Å². The summed E-state index contributed by atoms with van der Waals surface area (Å²) in [5.74, 6) is -1.05. The SMILES string of the molecule is C=CCOC12Oc3ccc(OC(=O)NCCCCCCCCCCCC)cc3C3C(CCCCO)C(CCCCO)C=C(C(=NOCc4ccc([N+](=O)[O-])cc4)CC1Sc1ccc(NC(C)=O)cc1)C32. The summed E-state index contributed by atoms with van der Waals surface area (Å²) < 4.78 is 20.4. The van der Waals surface area contributed by atoms with E-state index in [1.165, 1.54) is 64.0 Å². The molecule has 1 saturated carbocycles. The van der Waals surface area contributed by atoms with Crippen molar-refractivity contribution in [2.24, 2.45) is 22.9 Å². The zero-order valence-corrected chi connectivity index (χ0v) is 41.9. The third-order valence-corrected chi connectivity index (χ3v) is 15.0. The van der Waals surface area contributed by atoms with Gasteiger partial charge >= 0.3 is 6.09 Å². The Labute approximate surface area is 418 Å². The van der Waals surface area contributed by atoms with Gasteiger partial charge in [-0.15, -0.1) is 18.3 Å². The number of hydrogen-bond acceptors (Lipinski definition) is 12. The smallest absolute Gasteiger partial charge is 0.412 e. The van der Waals surface area contributed by atoms with E-state index in [0.717, 1.165) is 66.5 Å². The molecule has 15 heteroatoms. The number of carbonyl (C=O) groups excluding carboxylic acids is 2. The van der Waals surface area contributed by atoms with Gasteiger partial charge in [0.25, 0.3) is 5.69 Å². The van der Waals surface area contributed by atoms with Crippen molar-refractivity contribution in [2.75, 3.05) is 31.7 Å². The number of rotatable bonds is 30. The third-order valence-electron chi connectivity index (χ3n) is 13.6. The minimum atomic E-state index is -1.27. The first-order valence-corrected chi connectivity index (χ1v) is 26.4. The molecule has 2 aliphatic carbocycles. The molecule has 1 aliphatic heterocycles. The first kappa shape index (κ1) is 54.1. The Morgan fingerprint density at radius 3 is 2.26 bits per heavy atom. The summed E-state index contributed by atoms with van der Waals surface area (Å²) >= 11 is 1.59. The number of nitrogens with one attached hydrogen (secondary N) is 2. The fourth-order valence-corrected chi connectivity index (χ4v) is 11.6. The quantitative estimate of drug-likeness (QED) is 0.0215. The van der Waals surface area contributed by atoms with Crippen molar-refractivity contribution in [3.63, 3.8) is 0 Å². The Hall–Kier alpha value is -5.22. The van der Waals surface area contributed by atoms with Gasteiger partial charge in [0, 0.05) is 67.3 Å². The molecule has 70 heavy (non-hydrogen) atoms. The highest BCUT2D eigenvalue weighted by molar-refractivity contribution is 8.00. The Bertz CT molecular complexity index is 2220. The highest BCUT2D eigenvalue weighted by Crippen LogP contribution is 2.63. The van der Waals surface area contributed by atoms with Crippen molar-refractivity contribution in [1.82, 2.24) is 5.32 Å². The second-order valence-electron chi connectivity index (χ2n) is 18.8. The molecule has 0 aromatic heterocycles. The Morgan fingerprint density at radius 1 is 0.914 bits per heavy atom. The third kappa shape index (κ3) is 14.9. The fraction of sp³-hybridized carbons (Fsp3) is 0.545. The maximum absolute atomic E-state index is 13.3. The molecule has 4 N–H and O–H groups in total. The number of nitro groups is 1. The van der Waals surface area contributed by atoms with E-state index in [2.05, 4.69) is 30.2 Å². The summed E-state index contributed by atoms with van der Waals surface area (Å²) in [6.45, 7) is 8.67. The first-order chi connectivity index (χ1) is 34.1. The summed E-state index contributed by atoms with van der Waals surface area (Å²) in [5, 5.41) is 41.6. The van der Waals surface area contributed by atoms with Crippen molar-refractivity contribution < 1.29 is 43.8 Å². The van der Waals surface area contributed by atoms with Gasteiger partial charge in [0.05, 0.1) is 28.4 Å². The Kier molecular flexibility index (Phi) is 21.6. The number of amides is 2. The molecule has 2 amide bonds. The van der Waals surface area contributed by atoms with Gasteiger partial charge in [-0.25, -0.2) is 4.79 Å². The topological polar surface area (TPSA) is 191 Å². The van der Waals surface area contributed by atoms with Gasteiger partial charge in [0.15, 0.2) is 0 Å². The van der Waals surface area contributed by atoms with E-state index in [0.29, 0.717) is 48.7 Å². The largest absolute Gasteiger partial charge is 0.460 e. The summed E-state index contributed by atoms with van der Waals surface area (Å²) in [7, 11) is 0. The van der Waals surface area contributed by atoms with E-state index < -0.39 is 28.0 Å². The number of unbranched alkanes of at least 4 members (excludes halogenated alkanes) is 11. The van der Waals surface area contributed by atoms with Gasteiger partial charge in [-0.3, -0.25) is 14.9 Å². The number of nitrogens with zero attached hydrogens (tertiary/aromatic N) is 2. The van der Waals surface area contributed by atoms with Gasteiger partial charge in [0.1, 0.15) is 18.1 Å². The van der Waals surface area contributed by atoms with E-state index in [1.54, 1.807) is 36.0 Å². The minimum absolute atomic E-state index is 0.0153. The molecule has 6 atom stereocenters. The molecule has 3 aliphatic rings. The van der Waals surface area contributed by atoms with Crippen LogP contribution < -0.4 is 20.1 Å². The number of nitro benzene ring substituents is 1. The number of aliphatic hydroxyl groups is 2. The molecule has 1 heterocycles. The molecule has 0 bridgehead atoms. The lowest BCUT2D eigenvalue weighted by atomic mass is 9.56. The lowest BCUT2D eigenvalue weighted by Crippen LogP contribution is -2.64. The summed E-state index contributed by atoms with van der Waals surface area (Å²) in [4.78, 5) is 43.2. The molecule has 380 valence electrons. The lowest BCUT2D eigenvalue weighted by molar-refractivity contribution is -0.384. The molecule has 6 unspecified atom stereocenters. The second-order valence-corrected chi connectivity index (χ2v) is 20.0. The second kappa shape index (κ2) is 28.0.